The third-order valence-electron chi connectivity index (χ3n) is 2.18. The highest BCUT2D eigenvalue weighted by Gasteiger charge is 2.33. The highest BCUT2D eigenvalue weighted by molar-refractivity contribution is 5.88. The summed E-state index contributed by atoms with van der Waals surface area (Å²) in [6, 6.07) is 0. The van der Waals surface area contributed by atoms with E-state index in [1.165, 1.54) is 4.90 Å². The Morgan fingerprint density at radius 3 is 2.33 bits per heavy atom. The van der Waals surface area contributed by atoms with Crippen LogP contribution in [0.3, 0.4) is 0 Å². The number of hydrogen-bond acceptors (Lipinski definition) is 4. The highest BCUT2D eigenvalue weighted by atomic mass is 19.1. The van der Waals surface area contributed by atoms with Crippen LogP contribution in [-0.4, -0.2) is 42.3 Å². The first-order valence-electron chi connectivity index (χ1n) is 5.77. The summed E-state index contributed by atoms with van der Waals surface area (Å²) in [5.74, 6) is -1.88. The first-order valence-corrected chi connectivity index (χ1v) is 5.77. The maximum atomic E-state index is 13.4. The molecular weight excluding hydrogens is 241 g/mol. The van der Waals surface area contributed by atoms with E-state index >= 15 is 0 Å². The van der Waals surface area contributed by atoms with Gasteiger partial charge in [-0.15, -0.1) is 0 Å². The molecule has 0 saturated carbocycles. The lowest BCUT2D eigenvalue weighted by molar-refractivity contribution is -0.140. The van der Waals surface area contributed by atoms with Gasteiger partial charge in [-0.1, -0.05) is 0 Å². The number of ether oxygens (including phenoxy) is 2. The van der Waals surface area contributed by atoms with Gasteiger partial charge in [0.15, 0.2) is 0 Å². The molecule has 0 N–H and O–H groups in total. The molecule has 0 aromatic heterocycles. The molecule has 0 radical (unpaired) electrons. The molecule has 1 amide bonds. The molecule has 6 heteroatoms. The third-order valence-corrected chi connectivity index (χ3v) is 2.18. The Hall–Kier alpha value is -1.59. The van der Waals surface area contributed by atoms with Crippen LogP contribution in [0.2, 0.25) is 0 Å². The van der Waals surface area contributed by atoms with Gasteiger partial charge in [0.2, 0.25) is 5.83 Å². The molecule has 1 aliphatic heterocycles. The molecule has 18 heavy (non-hydrogen) atoms. The monoisotopic (exact) mass is 259 g/mol. The molecule has 0 atom stereocenters. The number of rotatable bonds is 2. The molecular formula is C12H18FNO4. The molecule has 0 spiro atoms. The van der Waals surface area contributed by atoms with Gasteiger partial charge in [-0.05, 0) is 27.7 Å². The van der Waals surface area contributed by atoms with Crippen molar-refractivity contribution >= 4 is 12.1 Å². The Labute approximate surface area is 106 Å². The number of halogens is 1. The van der Waals surface area contributed by atoms with E-state index in [4.69, 9.17) is 4.74 Å². The summed E-state index contributed by atoms with van der Waals surface area (Å²) < 4.78 is 23.1. The van der Waals surface area contributed by atoms with Gasteiger partial charge in [-0.25, -0.2) is 9.59 Å². The van der Waals surface area contributed by atoms with E-state index in [-0.39, 0.29) is 25.3 Å². The maximum absolute atomic E-state index is 13.4. The molecule has 1 aliphatic rings. The second-order valence-corrected chi connectivity index (χ2v) is 4.97. The molecule has 0 aromatic rings. The minimum absolute atomic E-state index is 0.0690. The van der Waals surface area contributed by atoms with E-state index in [0.29, 0.717) is 0 Å². The van der Waals surface area contributed by atoms with Crippen molar-refractivity contribution in [1.82, 2.24) is 4.90 Å². The Bertz CT molecular complexity index is 376. The van der Waals surface area contributed by atoms with Crippen LogP contribution in [0.25, 0.3) is 0 Å². The predicted molar refractivity (Wildman–Crippen MR) is 62.6 cm³/mol. The van der Waals surface area contributed by atoms with Crippen molar-refractivity contribution in [3.05, 3.63) is 11.4 Å². The zero-order valence-corrected chi connectivity index (χ0v) is 11.1. The van der Waals surface area contributed by atoms with E-state index < -0.39 is 23.5 Å². The second-order valence-electron chi connectivity index (χ2n) is 4.97. The van der Waals surface area contributed by atoms with E-state index in [0.717, 1.165) is 0 Å². The molecule has 1 saturated heterocycles. The van der Waals surface area contributed by atoms with E-state index in [1.54, 1.807) is 27.7 Å². The van der Waals surface area contributed by atoms with E-state index in [2.05, 4.69) is 4.74 Å². The fourth-order valence-electron chi connectivity index (χ4n) is 1.35. The lowest BCUT2D eigenvalue weighted by Crippen LogP contribution is -2.47. The zero-order valence-electron chi connectivity index (χ0n) is 11.1. The van der Waals surface area contributed by atoms with Crippen molar-refractivity contribution < 1.29 is 23.5 Å². The molecule has 1 fully saturated rings. The minimum atomic E-state index is -0.976. The van der Waals surface area contributed by atoms with Gasteiger partial charge >= 0.3 is 12.1 Å². The number of carbonyl (C=O) groups excluding carboxylic acids is 2. The average Bonchev–Trinajstić information content (AvgIpc) is 2.12. The third kappa shape index (κ3) is 3.72. The molecule has 0 unspecified atom stereocenters. The summed E-state index contributed by atoms with van der Waals surface area (Å²) in [5.41, 5.74) is -0.324. The van der Waals surface area contributed by atoms with Crippen molar-refractivity contribution in [1.29, 1.82) is 0 Å². The zero-order chi connectivity index (χ0) is 13.9. The van der Waals surface area contributed by atoms with E-state index in [1.807, 2.05) is 0 Å². The van der Waals surface area contributed by atoms with Gasteiger partial charge in [0.25, 0.3) is 0 Å². The van der Waals surface area contributed by atoms with Crippen molar-refractivity contribution in [2.24, 2.45) is 0 Å². The Morgan fingerprint density at radius 2 is 1.89 bits per heavy atom. The summed E-state index contributed by atoms with van der Waals surface area (Å²) in [6.45, 7) is 7.11. The number of hydrogen-bond donors (Lipinski definition) is 0. The maximum Gasteiger partial charge on any atom is 0.410 e. The van der Waals surface area contributed by atoms with Gasteiger partial charge in [0.05, 0.1) is 19.7 Å². The number of esters is 1. The largest absolute Gasteiger partial charge is 0.461 e. The van der Waals surface area contributed by atoms with Crippen molar-refractivity contribution in [2.45, 2.75) is 33.3 Å². The van der Waals surface area contributed by atoms with Crippen molar-refractivity contribution in [3.8, 4) is 0 Å². The summed E-state index contributed by atoms with van der Waals surface area (Å²) >= 11 is 0. The van der Waals surface area contributed by atoms with Crippen LogP contribution in [0.1, 0.15) is 27.7 Å². The predicted octanol–water partition coefficient (Wildman–Crippen LogP) is 2.02. The fraction of sp³-hybridized carbons (Fsp3) is 0.667. The smallest absolute Gasteiger partial charge is 0.410 e. The van der Waals surface area contributed by atoms with Gasteiger partial charge in [0, 0.05) is 5.57 Å². The van der Waals surface area contributed by atoms with Crippen LogP contribution in [0.5, 0.6) is 0 Å². The molecule has 1 rings (SSSR count). The molecule has 0 aliphatic carbocycles. The van der Waals surface area contributed by atoms with Crippen LogP contribution >= 0.6 is 0 Å². The van der Waals surface area contributed by atoms with Gasteiger partial charge in [0.1, 0.15) is 5.60 Å². The van der Waals surface area contributed by atoms with Gasteiger partial charge < -0.3 is 9.47 Å². The summed E-state index contributed by atoms with van der Waals surface area (Å²) in [4.78, 5) is 24.0. The summed E-state index contributed by atoms with van der Waals surface area (Å²) in [6.07, 6.45) is -0.511. The Morgan fingerprint density at radius 1 is 1.33 bits per heavy atom. The fourth-order valence-corrected chi connectivity index (χ4v) is 1.35. The number of likely N-dealkylation sites (tertiary alicyclic amines) is 1. The Kier molecular flexibility index (Phi) is 4.32. The standard InChI is InChI=1S/C12H18FNO4/c1-5-17-10(15)9(13)8-6-14(7-8)11(16)18-12(2,3)4/h5-7H2,1-4H3. The van der Waals surface area contributed by atoms with Crippen LogP contribution in [0, 0.1) is 0 Å². The first kappa shape index (κ1) is 14.5. The lowest BCUT2D eigenvalue weighted by Gasteiger charge is -2.35. The SMILES string of the molecule is CCOC(=O)C(F)=C1CN(C(=O)OC(C)(C)C)C1. The van der Waals surface area contributed by atoms with Crippen molar-refractivity contribution in [2.75, 3.05) is 19.7 Å². The second kappa shape index (κ2) is 5.37. The molecule has 102 valence electrons. The average molecular weight is 259 g/mol. The summed E-state index contributed by atoms with van der Waals surface area (Å²) in [7, 11) is 0. The number of nitrogens with zero attached hydrogens (tertiary/aromatic N) is 1. The normalized spacial score (nSPS) is 14.9. The number of carbonyl (C=O) groups is 2. The summed E-state index contributed by atoms with van der Waals surface area (Å²) in [5, 5.41) is 0. The van der Waals surface area contributed by atoms with E-state index in [9.17, 15) is 14.0 Å². The molecule has 5 nitrogen and oxygen atoms in total. The molecule has 0 aromatic carbocycles. The van der Waals surface area contributed by atoms with Crippen LogP contribution in [0.15, 0.2) is 11.4 Å². The van der Waals surface area contributed by atoms with Crippen LogP contribution in [-0.2, 0) is 14.3 Å². The molecule has 0 bridgehead atoms. The lowest BCUT2D eigenvalue weighted by atomic mass is 10.1. The molecule has 1 heterocycles. The Balaban J connectivity index is 2.51. The van der Waals surface area contributed by atoms with Crippen LogP contribution in [0.4, 0.5) is 9.18 Å². The van der Waals surface area contributed by atoms with Crippen LogP contribution < -0.4 is 0 Å². The van der Waals surface area contributed by atoms with Gasteiger partial charge in [-0.2, -0.15) is 4.39 Å². The number of amides is 1. The van der Waals surface area contributed by atoms with Crippen molar-refractivity contribution in [3.63, 3.8) is 0 Å². The first-order chi connectivity index (χ1) is 8.24. The minimum Gasteiger partial charge on any atom is -0.461 e. The quantitative estimate of drug-likeness (QED) is 0.562. The highest BCUT2D eigenvalue weighted by Crippen LogP contribution is 2.22. The van der Waals surface area contributed by atoms with Gasteiger partial charge in [-0.3, -0.25) is 4.90 Å². The topological polar surface area (TPSA) is 55.8 Å².